The lowest BCUT2D eigenvalue weighted by atomic mass is 9.79. The van der Waals surface area contributed by atoms with Gasteiger partial charge < -0.3 is 15.8 Å². The number of anilines is 1. The van der Waals surface area contributed by atoms with Gasteiger partial charge >= 0.3 is 0 Å². The van der Waals surface area contributed by atoms with E-state index in [1.54, 1.807) is 0 Å². The van der Waals surface area contributed by atoms with E-state index in [0.717, 1.165) is 18.2 Å². The summed E-state index contributed by atoms with van der Waals surface area (Å²) in [5.41, 5.74) is 4.75. The van der Waals surface area contributed by atoms with Gasteiger partial charge in [0.05, 0.1) is 11.1 Å². The molecule has 1 aliphatic heterocycles. The van der Waals surface area contributed by atoms with Crippen molar-refractivity contribution >= 4 is 11.6 Å². The average molecular weight is 270 g/mol. The highest BCUT2D eigenvalue weighted by Crippen LogP contribution is 2.31. The molecule has 0 atom stereocenters. The Labute approximate surface area is 109 Å². The number of halogens is 2. The molecule has 0 bridgehead atoms. The van der Waals surface area contributed by atoms with Crippen LogP contribution in [0.25, 0.3) is 0 Å². The minimum atomic E-state index is -0.767. The monoisotopic (exact) mass is 270 g/mol. The third-order valence-corrected chi connectivity index (χ3v) is 3.50. The van der Waals surface area contributed by atoms with Gasteiger partial charge in [-0.15, -0.1) is 0 Å². The summed E-state index contributed by atoms with van der Waals surface area (Å²) in [4.78, 5) is 12.2. The number of rotatable bonds is 3. The van der Waals surface area contributed by atoms with E-state index in [2.05, 4.69) is 5.32 Å². The molecule has 1 heterocycles. The van der Waals surface area contributed by atoms with Gasteiger partial charge in [-0.05, 0) is 25.0 Å². The van der Waals surface area contributed by atoms with Crippen molar-refractivity contribution in [3.05, 3.63) is 29.8 Å². The van der Waals surface area contributed by atoms with E-state index >= 15 is 0 Å². The summed E-state index contributed by atoms with van der Waals surface area (Å²) in [6.07, 6.45) is 0.957. The fourth-order valence-corrected chi connectivity index (χ4v) is 2.13. The second-order valence-electron chi connectivity index (χ2n) is 4.68. The predicted octanol–water partition coefficient (Wildman–Crippen LogP) is 1.66. The first-order valence-electron chi connectivity index (χ1n) is 6.12. The molecule has 0 unspecified atom stereocenters. The first-order valence-corrected chi connectivity index (χ1v) is 6.12. The van der Waals surface area contributed by atoms with E-state index in [4.69, 9.17) is 10.5 Å². The number of carbonyl (C=O) groups is 1. The average Bonchev–Trinajstić information content (AvgIpc) is 2.43. The van der Waals surface area contributed by atoms with Crippen LogP contribution in [-0.4, -0.2) is 25.7 Å². The molecular formula is C13H16F2N2O2. The van der Waals surface area contributed by atoms with E-state index in [1.807, 2.05) is 0 Å². The Morgan fingerprint density at radius 3 is 2.68 bits per heavy atom. The van der Waals surface area contributed by atoms with Gasteiger partial charge in [-0.25, -0.2) is 8.78 Å². The van der Waals surface area contributed by atoms with Gasteiger partial charge in [0.2, 0.25) is 5.91 Å². The van der Waals surface area contributed by atoms with Gasteiger partial charge in [0.1, 0.15) is 11.6 Å². The number of nitrogens with two attached hydrogens (primary N) is 1. The van der Waals surface area contributed by atoms with Gasteiger partial charge in [-0.3, -0.25) is 4.79 Å². The second-order valence-corrected chi connectivity index (χ2v) is 4.68. The van der Waals surface area contributed by atoms with Crippen molar-refractivity contribution in [3.8, 4) is 0 Å². The molecule has 1 aromatic carbocycles. The highest BCUT2D eigenvalue weighted by atomic mass is 19.1. The molecule has 1 saturated heterocycles. The molecule has 1 aliphatic rings. The van der Waals surface area contributed by atoms with Crippen LogP contribution in [0.4, 0.5) is 14.5 Å². The van der Waals surface area contributed by atoms with Crippen molar-refractivity contribution in [2.24, 2.45) is 11.1 Å². The van der Waals surface area contributed by atoms with Gasteiger partial charge in [-0.1, -0.05) is 0 Å². The van der Waals surface area contributed by atoms with Crippen LogP contribution in [0.3, 0.4) is 0 Å². The van der Waals surface area contributed by atoms with Crippen LogP contribution < -0.4 is 11.1 Å². The molecule has 3 N–H and O–H groups in total. The molecular weight excluding hydrogens is 254 g/mol. The fraction of sp³-hybridized carbons (Fsp3) is 0.462. The van der Waals surface area contributed by atoms with E-state index in [-0.39, 0.29) is 18.1 Å². The topological polar surface area (TPSA) is 64.4 Å². The molecule has 19 heavy (non-hydrogen) atoms. The van der Waals surface area contributed by atoms with Gasteiger partial charge in [0.25, 0.3) is 0 Å². The van der Waals surface area contributed by atoms with Gasteiger partial charge in [-0.2, -0.15) is 0 Å². The van der Waals surface area contributed by atoms with Crippen LogP contribution in [0, 0.1) is 17.0 Å². The van der Waals surface area contributed by atoms with Crippen LogP contribution in [0.1, 0.15) is 12.8 Å². The van der Waals surface area contributed by atoms with Crippen LogP contribution in [0.5, 0.6) is 0 Å². The minimum absolute atomic E-state index is 0.152. The number of ether oxygens (including phenoxy) is 1. The smallest absolute Gasteiger partial charge is 0.232 e. The largest absolute Gasteiger partial charge is 0.381 e. The van der Waals surface area contributed by atoms with Crippen molar-refractivity contribution in [1.82, 2.24) is 0 Å². The third kappa shape index (κ3) is 2.90. The zero-order valence-electron chi connectivity index (χ0n) is 10.4. The Bertz CT molecular complexity index is 474. The molecule has 1 fully saturated rings. The highest BCUT2D eigenvalue weighted by molar-refractivity contribution is 5.95. The summed E-state index contributed by atoms with van der Waals surface area (Å²) in [6, 6.07) is 2.93. The molecule has 2 rings (SSSR count). The Hall–Kier alpha value is -1.53. The Balaban J connectivity index is 2.17. The van der Waals surface area contributed by atoms with E-state index in [0.29, 0.717) is 26.1 Å². The number of hydrogen-bond acceptors (Lipinski definition) is 3. The normalized spacial score (nSPS) is 18.1. The standard InChI is InChI=1S/C13H16F2N2O2/c14-9-1-2-10(15)11(7-9)17-12(18)13(8-16)3-5-19-6-4-13/h1-2,7H,3-6,8,16H2,(H,17,18). The number of carbonyl (C=O) groups excluding carboxylic acids is 1. The summed E-state index contributed by atoms with van der Waals surface area (Å²) in [5.74, 6) is -1.66. The molecule has 0 aromatic heterocycles. The maximum atomic E-state index is 13.5. The Kier molecular flexibility index (Phi) is 4.11. The number of benzene rings is 1. The van der Waals surface area contributed by atoms with Crippen LogP contribution >= 0.6 is 0 Å². The molecule has 1 amide bonds. The first kappa shape index (κ1) is 13.9. The summed E-state index contributed by atoms with van der Waals surface area (Å²) in [6.45, 7) is 1.03. The van der Waals surface area contributed by atoms with Crippen LogP contribution in [0.15, 0.2) is 18.2 Å². The molecule has 104 valence electrons. The lowest BCUT2D eigenvalue weighted by Gasteiger charge is -2.34. The van der Waals surface area contributed by atoms with Crippen molar-refractivity contribution < 1.29 is 18.3 Å². The molecule has 4 nitrogen and oxygen atoms in total. The molecule has 0 saturated carbocycles. The van der Waals surface area contributed by atoms with E-state index in [1.165, 1.54) is 0 Å². The molecule has 6 heteroatoms. The minimum Gasteiger partial charge on any atom is -0.381 e. The maximum Gasteiger partial charge on any atom is 0.232 e. The predicted molar refractivity (Wildman–Crippen MR) is 66.5 cm³/mol. The second kappa shape index (κ2) is 5.63. The van der Waals surface area contributed by atoms with Crippen molar-refractivity contribution in [2.45, 2.75) is 12.8 Å². The summed E-state index contributed by atoms with van der Waals surface area (Å²) in [5, 5.41) is 2.42. The number of amides is 1. The van der Waals surface area contributed by atoms with Crippen LogP contribution in [-0.2, 0) is 9.53 Å². The zero-order chi connectivity index (χ0) is 13.9. The molecule has 0 aliphatic carbocycles. The Morgan fingerprint density at radius 1 is 1.37 bits per heavy atom. The summed E-state index contributed by atoms with van der Waals surface area (Å²) < 4.78 is 31.7. The SMILES string of the molecule is NCC1(C(=O)Nc2cc(F)ccc2F)CCOCC1. The van der Waals surface area contributed by atoms with Gasteiger partial charge in [0, 0.05) is 25.8 Å². The summed E-state index contributed by atoms with van der Waals surface area (Å²) in [7, 11) is 0. The lowest BCUT2D eigenvalue weighted by molar-refractivity contribution is -0.130. The quantitative estimate of drug-likeness (QED) is 0.878. The summed E-state index contributed by atoms with van der Waals surface area (Å²) >= 11 is 0. The van der Waals surface area contributed by atoms with E-state index < -0.39 is 17.0 Å². The third-order valence-electron chi connectivity index (χ3n) is 3.50. The fourth-order valence-electron chi connectivity index (χ4n) is 2.13. The zero-order valence-corrected chi connectivity index (χ0v) is 10.4. The van der Waals surface area contributed by atoms with E-state index in [9.17, 15) is 13.6 Å². The highest BCUT2D eigenvalue weighted by Gasteiger charge is 2.39. The van der Waals surface area contributed by atoms with Crippen molar-refractivity contribution in [3.63, 3.8) is 0 Å². The molecule has 0 spiro atoms. The Morgan fingerprint density at radius 2 is 2.05 bits per heavy atom. The molecule has 0 radical (unpaired) electrons. The lowest BCUT2D eigenvalue weighted by Crippen LogP contribution is -2.46. The van der Waals surface area contributed by atoms with Crippen molar-refractivity contribution in [1.29, 1.82) is 0 Å². The molecule has 1 aromatic rings. The maximum absolute atomic E-state index is 13.5. The first-order chi connectivity index (χ1) is 9.07. The van der Waals surface area contributed by atoms with Crippen molar-refractivity contribution in [2.75, 3.05) is 25.1 Å². The number of hydrogen-bond donors (Lipinski definition) is 2. The van der Waals surface area contributed by atoms with Gasteiger partial charge in [0.15, 0.2) is 0 Å². The number of nitrogens with one attached hydrogen (secondary N) is 1. The van der Waals surface area contributed by atoms with Crippen LogP contribution in [0.2, 0.25) is 0 Å².